The van der Waals surface area contributed by atoms with Crippen LogP contribution >= 0.6 is 15.9 Å². The molecule has 0 aromatic heterocycles. The van der Waals surface area contributed by atoms with E-state index >= 15 is 0 Å². The highest BCUT2D eigenvalue weighted by Gasteiger charge is 2.31. The minimum atomic E-state index is -0.421. The largest absolute Gasteiger partial charge is 0.368 e. The lowest BCUT2D eigenvalue weighted by Gasteiger charge is -2.25. The van der Waals surface area contributed by atoms with Gasteiger partial charge in [0.1, 0.15) is 6.04 Å². The van der Waals surface area contributed by atoms with Crippen molar-refractivity contribution in [1.82, 2.24) is 0 Å². The van der Waals surface area contributed by atoms with E-state index in [0.29, 0.717) is 28.7 Å². The lowest BCUT2D eigenvalue weighted by molar-refractivity contribution is -0.119. The molecule has 1 aliphatic heterocycles. The van der Waals surface area contributed by atoms with E-state index in [2.05, 4.69) is 15.9 Å². The van der Waals surface area contributed by atoms with Crippen LogP contribution in [0.15, 0.2) is 16.6 Å². The Balaban J connectivity index is 2.39. The highest BCUT2D eigenvalue weighted by Crippen LogP contribution is 2.33. The molecule has 98 valence electrons. The molecule has 2 rings (SSSR count). The third-order valence-corrected chi connectivity index (χ3v) is 4.11. The molecule has 1 aromatic rings. The summed E-state index contributed by atoms with van der Waals surface area (Å²) in [6.45, 7) is 0.899. The first-order valence-corrected chi connectivity index (χ1v) is 6.58. The molecule has 0 radical (unpaired) electrons. The molecule has 1 amide bonds. The van der Waals surface area contributed by atoms with Crippen LogP contribution in [0.25, 0.3) is 0 Å². The summed E-state index contributed by atoms with van der Waals surface area (Å²) in [5.74, 6) is -0.794. The molecule has 0 bridgehead atoms. The maximum Gasteiger partial charge on any atom is 0.240 e. The Hall–Kier alpha value is -1.14. The molecule has 1 aliphatic rings. The predicted octanol–water partition coefficient (Wildman–Crippen LogP) is 1.50. The van der Waals surface area contributed by atoms with E-state index in [-0.39, 0.29) is 12.4 Å². The van der Waals surface area contributed by atoms with Gasteiger partial charge in [-0.15, -0.1) is 0 Å². The van der Waals surface area contributed by atoms with Gasteiger partial charge in [0.05, 0.1) is 10.2 Å². The molecule has 4 nitrogen and oxygen atoms in total. The molecule has 1 atom stereocenters. The van der Waals surface area contributed by atoms with E-state index in [1.807, 2.05) is 0 Å². The van der Waals surface area contributed by atoms with Crippen LogP contribution in [-0.2, 0) is 11.3 Å². The number of hydrogen-bond acceptors (Lipinski definition) is 3. The Morgan fingerprint density at radius 1 is 1.56 bits per heavy atom. The topological polar surface area (TPSA) is 72.3 Å². The molecule has 4 N–H and O–H groups in total. The van der Waals surface area contributed by atoms with Crippen molar-refractivity contribution in [2.75, 3.05) is 11.4 Å². The second-order valence-corrected chi connectivity index (χ2v) is 5.12. The Kier molecular flexibility index (Phi) is 3.87. The smallest absolute Gasteiger partial charge is 0.240 e. The van der Waals surface area contributed by atoms with Crippen LogP contribution in [0.3, 0.4) is 0 Å². The third-order valence-electron chi connectivity index (χ3n) is 3.25. The van der Waals surface area contributed by atoms with Crippen LogP contribution in [-0.4, -0.2) is 18.5 Å². The van der Waals surface area contributed by atoms with Crippen LogP contribution in [0.4, 0.5) is 10.1 Å². The first-order chi connectivity index (χ1) is 8.56. The van der Waals surface area contributed by atoms with Crippen molar-refractivity contribution in [3.05, 3.63) is 28.0 Å². The fourth-order valence-corrected chi connectivity index (χ4v) is 2.81. The molecular weight excluding hydrogens is 301 g/mol. The minimum absolute atomic E-state index is 0.261. The van der Waals surface area contributed by atoms with Gasteiger partial charge in [-0.25, -0.2) is 4.39 Å². The average Bonchev–Trinajstić information content (AvgIpc) is 2.81. The molecule has 1 saturated heterocycles. The van der Waals surface area contributed by atoms with Crippen LogP contribution in [0.2, 0.25) is 0 Å². The van der Waals surface area contributed by atoms with Crippen molar-refractivity contribution < 1.29 is 9.18 Å². The summed E-state index contributed by atoms with van der Waals surface area (Å²) in [6, 6.07) is 3.00. The summed E-state index contributed by atoms with van der Waals surface area (Å²) in [5.41, 5.74) is 12.0. The van der Waals surface area contributed by atoms with Crippen LogP contribution in [0.5, 0.6) is 0 Å². The molecule has 1 aromatic carbocycles. The number of halogens is 2. The molecular formula is C12H15BrFN3O. The van der Waals surface area contributed by atoms with E-state index in [4.69, 9.17) is 11.5 Å². The molecule has 1 unspecified atom stereocenters. The van der Waals surface area contributed by atoms with Crippen molar-refractivity contribution in [2.45, 2.75) is 25.4 Å². The monoisotopic (exact) mass is 315 g/mol. The number of rotatable bonds is 3. The molecule has 1 fully saturated rings. The zero-order valence-electron chi connectivity index (χ0n) is 9.83. The Bertz CT molecular complexity index is 481. The van der Waals surface area contributed by atoms with Gasteiger partial charge in [0, 0.05) is 13.1 Å². The number of hydrogen-bond donors (Lipinski definition) is 2. The molecule has 6 heteroatoms. The van der Waals surface area contributed by atoms with Crippen molar-refractivity contribution in [3.8, 4) is 0 Å². The fourth-order valence-electron chi connectivity index (χ4n) is 2.31. The summed E-state index contributed by atoms with van der Waals surface area (Å²) in [7, 11) is 0. The normalized spacial score (nSPS) is 19.3. The van der Waals surface area contributed by atoms with E-state index in [0.717, 1.165) is 6.42 Å². The first-order valence-electron chi connectivity index (χ1n) is 5.79. The first kappa shape index (κ1) is 13.3. The zero-order valence-corrected chi connectivity index (χ0v) is 11.4. The van der Waals surface area contributed by atoms with Gasteiger partial charge < -0.3 is 16.4 Å². The Labute approximate surface area is 113 Å². The molecule has 0 saturated carbocycles. The van der Waals surface area contributed by atoms with Gasteiger partial charge >= 0.3 is 0 Å². The number of anilines is 1. The van der Waals surface area contributed by atoms with E-state index in [9.17, 15) is 9.18 Å². The van der Waals surface area contributed by atoms with Gasteiger partial charge in [-0.05, 0) is 40.4 Å². The number of benzene rings is 1. The SMILES string of the molecule is NCc1ccc(N2CCCC2C(N)=O)c(F)c1Br. The third kappa shape index (κ3) is 2.22. The summed E-state index contributed by atoms with van der Waals surface area (Å²) >= 11 is 3.20. The Morgan fingerprint density at radius 2 is 2.28 bits per heavy atom. The van der Waals surface area contributed by atoms with Crippen LogP contribution < -0.4 is 16.4 Å². The zero-order chi connectivity index (χ0) is 13.3. The second-order valence-electron chi connectivity index (χ2n) is 4.33. The number of primary amides is 1. The second kappa shape index (κ2) is 5.24. The van der Waals surface area contributed by atoms with Crippen molar-refractivity contribution >= 4 is 27.5 Å². The van der Waals surface area contributed by atoms with Crippen molar-refractivity contribution in [2.24, 2.45) is 11.5 Å². The molecule has 0 spiro atoms. The number of nitrogens with zero attached hydrogens (tertiary/aromatic N) is 1. The lowest BCUT2D eigenvalue weighted by Crippen LogP contribution is -2.40. The van der Waals surface area contributed by atoms with Gasteiger partial charge in [0.15, 0.2) is 5.82 Å². The number of carbonyl (C=O) groups is 1. The summed E-state index contributed by atoms with van der Waals surface area (Å²) in [6.07, 6.45) is 1.51. The predicted molar refractivity (Wildman–Crippen MR) is 71.6 cm³/mol. The van der Waals surface area contributed by atoms with Crippen LogP contribution in [0.1, 0.15) is 18.4 Å². The Morgan fingerprint density at radius 3 is 2.89 bits per heavy atom. The minimum Gasteiger partial charge on any atom is -0.368 e. The fraction of sp³-hybridized carbons (Fsp3) is 0.417. The summed E-state index contributed by atoms with van der Waals surface area (Å²) in [5, 5.41) is 0. The molecule has 18 heavy (non-hydrogen) atoms. The molecule has 1 heterocycles. The average molecular weight is 316 g/mol. The van der Waals surface area contributed by atoms with Crippen LogP contribution in [0, 0.1) is 5.82 Å². The highest BCUT2D eigenvalue weighted by atomic mass is 79.9. The summed E-state index contributed by atoms with van der Waals surface area (Å²) < 4.78 is 14.6. The lowest BCUT2D eigenvalue weighted by atomic mass is 10.1. The van der Waals surface area contributed by atoms with Gasteiger partial charge in [0.2, 0.25) is 5.91 Å². The standard InChI is InChI=1S/C12H15BrFN3O/c13-10-7(6-15)3-4-8(11(10)14)17-5-1-2-9(17)12(16)18/h3-4,9H,1-2,5-6,15H2,(H2,16,18). The van der Waals surface area contributed by atoms with E-state index in [1.165, 1.54) is 0 Å². The number of carbonyl (C=O) groups excluding carboxylic acids is 1. The van der Waals surface area contributed by atoms with Crippen molar-refractivity contribution in [3.63, 3.8) is 0 Å². The maximum atomic E-state index is 14.2. The van der Waals surface area contributed by atoms with Gasteiger partial charge in [-0.3, -0.25) is 4.79 Å². The van der Waals surface area contributed by atoms with Gasteiger partial charge in [0.25, 0.3) is 0 Å². The quantitative estimate of drug-likeness (QED) is 0.888. The van der Waals surface area contributed by atoms with E-state index in [1.54, 1.807) is 17.0 Å². The van der Waals surface area contributed by atoms with E-state index < -0.39 is 11.9 Å². The number of amides is 1. The van der Waals surface area contributed by atoms with Crippen molar-refractivity contribution in [1.29, 1.82) is 0 Å². The number of nitrogens with two attached hydrogens (primary N) is 2. The maximum absolute atomic E-state index is 14.2. The summed E-state index contributed by atoms with van der Waals surface area (Å²) in [4.78, 5) is 13.1. The molecule has 0 aliphatic carbocycles. The highest BCUT2D eigenvalue weighted by molar-refractivity contribution is 9.10. The van der Waals surface area contributed by atoms with Gasteiger partial charge in [-0.1, -0.05) is 6.07 Å². The van der Waals surface area contributed by atoms with Gasteiger partial charge in [-0.2, -0.15) is 0 Å².